The SMILES string of the molecule is CCc1ccsc1CNC(=O)c1ccc(F)cc1N. The zero-order valence-corrected chi connectivity index (χ0v) is 11.4. The lowest BCUT2D eigenvalue weighted by Gasteiger charge is -2.07. The van der Waals surface area contributed by atoms with E-state index in [9.17, 15) is 9.18 Å². The van der Waals surface area contributed by atoms with Gasteiger partial charge in [0.2, 0.25) is 0 Å². The molecule has 0 aliphatic rings. The summed E-state index contributed by atoms with van der Waals surface area (Å²) in [6, 6.07) is 5.83. The van der Waals surface area contributed by atoms with E-state index in [1.807, 2.05) is 5.38 Å². The average Bonchev–Trinajstić information content (AvgIpc) is 2.83. The van der Waals surface area contributed by atoms with E-state index in [0.717, 1.165) is 17.4 Å². The van der Waals surface area contributed by atoms with Crippen LogP contribution < -0.4 is 11.1 Å². The summed E-state index contributed by atoms with van der Waals surface area (Å²) in [6.07, 6.45) is 0.938. The molecule has 0 fully saturated rings. The Morgan fingerprint density at radius 1 is 1.42 bits per heavy atom. The molecule has 0 spiro atoms. The highest BCUT2D eigenvalue weighted by Gasteiger charge is 2.11. The Balaban J connectivity index is 2.05. The first-order valence-electron chi connectivity index (χ1n) is 6.00. The summed E-state index contributed by atoms with van der Waals surface area (Å²) in [4.78, 5) is 13.1. The highest BCUT2D eigenvalue weighted by atomic mass is 32.1. The van der Waals surface area contributed by atoms with Gasteiger partial charge < -0.3 is 11.1 Å². The van der Waals surface area contributed by atoms with Crippen molar-refractivity contribution in [1.82, 2.24) is 5.32 Å². The van der Waals surface area contributed by atoms with Crippen LogP contribution in [0.25, 0.3) is 0 Å². The molecule has 5 heteroatoms. The number of carbonyl (C=O) groups excluding carboxylic acids is 1. The van der Waals surface area contributed by atoms with Gasteiger partial charge in [-0.15, -0.1) is 11.3 Å². The maximum Gasteiger partial charge on any atom is 0.253 e. The fraction of sp³-hybridized carbons (Fsp3) is 0.214. The maximum absolute atomic E-state index is 12.9. The second-order valence-corrected chi connectivity index (χ2v) is 5.14. The van der Waals surface area contributed by atoms with Crippen molar-refractivity contribution >= 4 is 22.9 Å². The minimum absolute atomic E-state index is 0.152. The van der Waals surface area contributed by atoms with Crippen molar-refractivity contribution in [3.8, 4) is 0 Å². The third-order valence-electron chi connectivity index (χ3n) is 2.89. The van der Waals surface area contributed by atoms with E-state index in [4.69, 9.17) is 5.73 Å². The first kappa shape index (κ1) is 13.5. The van der Waals surface area contributed by atoms with Crippen LogP contribution in [0.1, 0.15) is 27.7 Å². The minimum Gasteiger partial charge on any atom is -0.398 e. The lowest BCUT2D eigenvalue weighted by Crippen LogP contribution is -2.23. The van der Waals surface area contributed by atoms with Crippen molar-refractivity contribution in [3.63, 3.8) is 0 Å². The van der Waals surface area contributed by atoms with Gasteiger partial charge >= 0.3 is 0 Å². The summed E-state index contributed by atoms with van der Waals surface area (Å²) >= 11 is 1.61. The zero-order chi connectivity index (χ0) is 13.8. The molecule has 100 valence electrons. The van der Waals surface area contributed by atoms with Crippen molar-refractivity contribution in [3.05, 3.63) is 51.5 Å². The van der Waals surface area contributed by atoms with Crippen LogP contribution in [0.2, 0.25) is 0 Å². The van der Waals surface area contributed by atoms with Gasteiger partial charge in [0.05, 0.1) is 12.1 Å². The number of carbonyl (C=O) groups is 1. The average molecular weight is 278 g/mol. The molecule has 0 aliphatic heterocycles. The molecule has 0 aliphatic carbocycles. The van der Waals surface area contributed by atoms with Gasteiger partial charge in [-0.25, -0.2) is 4.39 Å². The number of rotatable bonds is 4. The van der Waals surface area contributed by atoms with Crippen LogP contribution >= 0.6 is 11.3 Å². The lowest BCUT2D eigenvalue weighted by molar-refractivity contribution is 0.0952. The zero-order valence-electron chi connectivity index (χ0n) is 10.6. The van der Waals surface area contributed by atoms with Crippen molar-refractivity contribution in [2.45, 2.75) is 19.9 Å². The fourth-order valence-electron chi connectivity index (χ4n) is 1.83. The van der Waals surface area contributed by atoms with E-state index >= 15 is 0 Å². The molecule has 0 atom stereocenters. The smallest absolute Gasteiger partial charge is 0.253 e. The summed E-state index contributed by atoms with van der Waals surface area (Å²) < 4.78 is 12.9. The number of nitrogen functional groups attached to an aromatic ring is 1. The van der Waals surface area contributed by atoms with Gasteiger partial charge in [-0.05, 0) is 41.6 Å². The number of anilines is 1. The number of nitrogens with two attached hydrogens (primary N) is 1. The summed E-state index contributed by atoms with van der Waals surface area (Å²) in [7, 11) is 0. The first-order valence-corrected chi connectivity index (χ1v) is 6.88. The predicted molar refractivity (Wildman–Crippen MR) is 75.7 cm³/mol. The standard InChI is InChI=1S/C14H15FN2OS/c1-2-9-5-6-19-13(9)8-17-14(18)11-4-3-10(15)7-12(11)16/h3-7H,2,8,16H2,1H3,(H,17,18). The van der Waals surface area contributed by atoms with Gasteiger partial charge in [0.25, 0.3) is 5.91 Å². The van der Waals surface area contributed by atoms with Crippen LogP contribution in [0.5, 0.6) is 0 Å². The number of thiophene rings is 1. The molecule has 0 saturated heterocycles. The van der Waals surface area contributed by atoms with Crippen molar-refractivity contribution in [2.24, 2.45) is 0 Å². The van der Waals surface area contributed by atoms with Crippen LogP contribution in [-0.2, 0) is 13.0 Å². The summed E-state index contributed by atoms with van der Waals surface area (Å²) in [5, 5.41) is 4.81. The molecule has 3 N–H and O–H groups in total. The van der Waals surface area contributed by atoms with Crippen LogP contribution in [0.4, 0.5) is 10.1 Å². The Bertz CT molecular complexity index is 595. The molecule has 1 aromatic heterocycles. The van der Waals surface area contributed by atoms with Gasteiger partial charge in [0.1, 0.15) is 5.82 Å². The van der Waals surface area contributed by atoms with Crippen LogP contribution in [0, 0.1) is 5.82 Å². The molecule has 19 heavy (non-hydrogen) atoms. The third kappa shape index (κ3) is 3.12. The Labute approximate surface area is 115 Å². The normalized spacial score (nSPS) is 10.4. The van der Waals surface area contributed by atoms with Crippen molar-refractivity contribution < 1.29 is 9.18 Å². The lowest BCUT2D eigenvalue weighted by atomic mass is 10.1. The number of halogens is 1. The largest absolute Gasteiger partial charge is 0.398 e. The number of aryl methyl sites for hydroxylation is 1. The van der Waals surface area contributed by atoms with Gasteiger partial charge in [-0.1, -0.05) is 6.92 Å². The molecule has 1 amide bonds. The summed E-state index contributed by atoms with van der Waals surface area (Å²) in [5.74, 6) is -0.728. The van der Waals surface area contributed by atoms with Crippen LogP contribution in [-0.4, -0.2) is 5.91 Å². The predicted octanol–water partition coefficient (Wildman–Crippen LogP) is 2.96. The molecular formula is C14H15FN2OS. The molecule has 1 heterocycles. The van der Waals surface area contributed by atoms with E-state index in [2.05, 4.69) is 18.3 Å². The number of hydrogen-bond acceptors (Lipinski definition) is 3. The molecular weight excluding hydrogens is 263 g/mol. The maximum atomic E-state index is 12.9. The molecule has 0 unspecified atom stereocenters. The van der Waals surface area contributed by atoms with Crippen molar-refractivity contribution in [1.29, 1.82) is 0 Å². The van der Waals surface area contributed by atoms with Gasteiger partial charge in [0, 0.05) is 10.6 Å². The second-order valence-electron chi connectivity index (χ2n) is 4.14. The van der Waals surface area contributed by atoms with E-state index in [1.54, 1.807) is 11.3 Å². The van der Waals surface area contributed by atoms with E-state index in [-0.39, 0.29) is 11.6 Å². The summed E-state index contributed by atoms with van der Waals surface area (Å²) in [5.41, 5.74) is 7.32. The Morgan fingerprint density at radius 3 is 2.89 bits per heavy atom. The quantitative estimate of drug-likeness (QED) is 0.845. The van der Waals surface area contributed by atoms with Crippen LogP contribution in [0.3, 0.4) is 0 Å². The molecule has 0 radical (unpaired) electrons. The second kappa shape index (κ2) is 5.84. The number of benzene rings is 1. The molecule has 1 aromatic carbocycles. The first-order chi connectivity index (χ1) is 9.11. The molecule has 3 nitrogen and oxygen atoms in total. The van der Waals surface area contributed by atoms with Gasteiger partial charge in [-0.2, -0.15) is 0 Å². The van der Waals surface area contributed by atoms with E-state index in [0.29, 0.717) is 12.1 Å². The highest BCUT2D eigenvalue weighted by molar-refractivity contribution is 7.10. The number of amides is 1. The van der Waals surface area contributed by atoms with E-state index in [1.165, 1.54) is 17.7 Å². The third-order valence-corrected chi connectivity index (χ3v) is 3.85. The Kier molecular flexibility index (Phi) is 4.16. The number of nitrogens with one attached hydrogen (secondary N) is 1. The summed E-state index contributed by atoms with van der Waals surface area (Å²) in [6.45, 7) is 2.54. The minimum atomic E-state index is -0.444. The monoisotopic (exact) mass is 278 g/mol. The molecule has 0 bridgehead atoms. The highest BCUT2D eigenvalue weighted by Crippen LogP contribution is 2.18. The van der Waals surface area contributed by atoms with Crippen molar-refractivity contribution in [2.75, 3.05) is 5.73 Å². The molecule has 0 saturated carbocycles. The van der Waals surface area contributed by atoms with E-state index < -0.39 is 5.82 Å². The topological polar surface area (TPSA) is 55.1 Å². The molecule has 2 rings (SSSR count). The number of hydrogen-bond donors (Lipinski definition) is 2. The fourth-order valence-corrected chi connectivity index (χ4v) is 2.75. The van der Waals surface area contributed by atoms with Gasteiger partial charge in [0.15, 0.2) is 0 Å². The van der Waals surface area contributed by atoms with Crippen LogP contribution in [0.15, 0.2) is 29.6 Å². The Morgan fingerprint density at radius 2 is 2.21 bits per heavy atom. The van der Waals surface area contributed by atoms with Gasteiger partial charge in [-0.3, -0.25) is 4.79 Å². The molecule has 2 aromatic rings. The Hall–Kier alpha value is -1.88.